The SMILES string of the molecule is CC(C)(C)OC(=O)C(Cc1ccccc1)N1CCC(N2CCN(c3ccc(C(=N)N)cc3)CC2)CC1.O=C(O)C(F)(F)F. The number of carboxylic acids is 1. The summed E-state index contributed by atoms with van der Waals surface area (Å²) >= 11 is 0. The fourth-order valence-corrected chi connectivity index (χ4v) is 5.33. The van der Waals surface area contributed by atoms with Crippen LogP contribution in [-0.4, -0.2) is 95.8 Å². The average molecular weight is 606 g/mol. The molecule has 9 nitrogen and oxygen atoms in total. The highest BCUT2D eigenvalue weighted by Crippen LogP contribution is 2.25. The zero-order chi connectivity index (χ0) is 31.8. The molecule has 0 radical (unpaired) electrons. The van der Waals surface area contributed by atoms with Crippen molar-refractivity contribution in [3.8, 4) is 0 Å². The molecule has 2 aromatic rings. The van der Waals surface area contributed by atoms with Gasteiger partial charge in [-0.2, -0.15) is 13.2 Å². The highest BCUT2D eigenvalue weighted by molar-refractivity contribution is 5.95. The van der Waals surface area contributed by atoms with Crippen molar-refractivity contribution >= 4 is 23.5 Å². The van der Waals surface area contributed by atoms with Crippen LogP contribution in [0.25, 0.3) is 0 Å². The van der Waals surface area contributed by atoms with Crippen molar-refractivity contribution in [1.82, 2.24) is 9.80 Å². The Hall–Kier alpha value is -3.64. The van der Waals surface area contributed by atoms with Crippen LogP contribution in [0.5, 0.6) is 0 Å². The minimum Gasteiger partial charge on any atom is -0.475 e. The van der Waals surface area contributed by atoms with Gasteiger partial charge < -0.3 is 20.5 Å². The Kier molecular flexibility index (Phi) is 11.6. The number of nitrogen functional groups attached to an aromatic ring is 1. The molecule has 4 rings (SSSR count). The Morgan fingerprint density at radius 3 is 1.95 bits per heavy atom. The van der Waals surface area contributed by atoms with E-state index in [4.69, 9.17) is 25.8 Å². The number of hydrogen-bond donors (Lipinski definition) is 3. The molecule has 1 unspecified atom stereocenters. The van der Waals surface area contributed by atoms with Crippen molar-refractivity contribution in [2.75, 3.05) is 44.2 Å². The molecule has 2 saturated heterocycles. The number of piperazine rings is 1. The summed E-state index contributed by atoms with van der Waals surface area (Å²) in [5.41, 5.74) is 8.22. The molecule has 2 heterocycles. The Balaban J connectivity index is 0.000000646. The number of anilines is 1. The lowest BCUT2D eigenvalue weighted by Gasteiger charge is -2.44. The predicted molar refractivity (Wildman–Crippen MR) is 159 cm³/mol. The molecule has 0 saturated carbocycles. The van der Waals surface area contributed by atoms with Crippen LogP contribution in [0.4, 0.5) is 18.9 Å². The molecular weight excluding hydrogens is 563 g/mol. The van der Waals surface area contributed by atoms with Crippen LogP contribution in [0.2, 0.25) is 0 Å². The van der Waals surface area contributed by atoms with Crippen molar-refractivity contribution < 1.29 is 32.6 Å². The molecule has 2 aromatic carbocycles. The number of carbonyl (C=O) groups is 2. The lowest BCUT2D eigenvalue weighted by atomic mass is 9.97. The quantitative estimate of drug-likeness (QED) is 0.245. The highest BCUT2D eigenvalue weighted by atomic mass is 19.4. The summed E-state index contributed by atoms with van der Waals surface area (Å²) in [7, 11) is 0. The normalized spacial score (nSPS) is 17.9. The lowest BCUT2D eigenvalue weighted by Crippen LogP contribution is -2.55. The van der Waals surface area contributed by atoms with Crippen LogP contribution >= 0.6 is 0 Å². The summed E-state index contributed by atoms with van der Waals surface area (Å²) in [6.07, 6.45) is -2.26. The number of amidine groups is 1. The Morgan fingerprint density at radius 2 is 1.49 bits per heavy atom. The van der Waals surface area contributed by atoms with Gasteiger partial charge >= 0.3 is 18.1 Å². The molecule has 2 aliphatic rings. The van der Waals surface area contributed by atoms with Crippen LogP contribution < -0.4 is 10.6 Å². The summed E-state index contributed by atoms with van der Waals surface area (Å²) in [5, 5.41) is 14.7. The third-order valence-electron chi connectivity index (χ3n) is 7.51. The van der Waals surface area contributed by atoms with E-state index in [0.29, 0.717) is 12.5 Å². The summed E-state index contributed by atoms with van der Waals surface area (Å²) in [6, 6.07) is 18.6. The maximum Gasteiger partial charge on any atom is 0.490 e. The van der Waals surface area contributed by atoms with E-state index in [0.717, 1.165) is 57.7 Å². The molecule has 1 atom stereocenters. The number of carbonyl (C=O) groups excluding carboxylic acids is 1. The fraction of sp³-hybridized carbons (Fsp3) is 0.516. The number of rotatable bonds is 7. The van der Waals surface area contributed by atoms with Gasteiger partial charge in [-0.25, -0.2) is 4.79 Å². The van der Waals surface area contributed by atoms with Crippen LogP contribution in [0, 0.1) is 5.41 Å². The second-order valence-corrected chi connectivity index (χ2v) is 11.8. The van der Waals surface area contributed by atoms with Crippen LogP contribution in [0.3, 0.4) is 0 Å². The Morgan fingerprint density at radius 1 is 0.953 bits per heavy atom. The number of ether oxygens (including phenoxy) is 1. The number of nitrogens with zero attached hydrogens (tertiary/aromatic N) is 3. The first kappa shape index (κ1) is 33.9. The summed E-state index contributed by atoms with van der Waals surface area (Å²) < 4.78 is 37.6. The first-order valence-electron chi connectivity index (χ1n) is 14.4. The maximum atomic E-state index is 13.2. The number of esters is 1. The molecule has 0 amide bonds. The van der Waals surface area contributed by atoms with Crippen molar-refractivity contribution in [2.24, 2.45) is 5.73 Å². The van der Waals surface area contributed by atoms with E-state index < -0.39 is 17.7 Å². The van der Waals surface area contributed by atoms with Gasteiger partial charge in [0.2, 0.25) is 0 Å². The lowest BCUT2D eigenvalue weighted by molar-refractivity contribution is -0.192. The van der Waals surface area contributed by atoms with Crippen LogP contribution in [0.15, 0.2) is 54.6 Å². The van der Waals surface area contributed by atoms with E-state index in [2.05, 4.69) is 39.0 Å². The van der Waals surface area contributed by atoms with E-state index in [1.54, 1.807) is 0 Å². The van der Waals surface area contributed by atoms with Crippen LogP contribution in [0.1, 0.15) is 44.7 Å². The molecule has 12 heteroatoms. The second-order valence-electron chi connectivity index (χ2n) is 11.8. The van der Waals surface area contributed by atoms with Crippen molar-refractivity contribution in [1.29, 1.82) is 5.41 Å². The molecule has 0 spiro atoms. The molecule has 236 valence electrons. The summed E-state index contributed by atoms with van der Waals surface area (Å²) in [5.74, 6) is -2.77. The molecule has 43 heavy (non-hydrogen) atoms. The molecule has 2 fully saturated rings. The van der Waals surface area contributed by atoms with E-state index in [1.807, 2.05) is 51.1 Å². The average Bonchev–Trinajstić information content (AvgIpc) is 2.96. The number of nitrogens with one attached hydrogen (secondary N) is 1. The molecule has 0 aliphatic carbocycles. The number of nitrogens with two attached hydrogens (primary N) is 1. The number of hydrogen-bond acceptors (Lipinski definition) is 7. The number of piperidine rings is 1. The van der Waals surface area contributed by atoms with Gasteiger partial charge in [-0.15, -0.1) is 0 Å². The fourth-order valence-electron chi connectivity index (χ4n) is 5.33. The van der Waals surface area contributed by atoms with Gasteiger partial charge in [-0.1, -0.05) is 30.3 Å². The number of alkyl halides is 3. The number of carboxylic acid groups (broad SMARTS) is 1. The first-order valence-corrected chi connectivity index (χ1v) is 14.4. The minimum absolute atomic E-state index is 0.107. The van der Waals surface area contributed by atoms with E-state index in [-0.39, 0.29) is 17.8 Å². The van der Waals surface area contributed by atoms with Gasteiger partial charge in [0.05, 0.1) is 0 Å². The van der Waals surface area contributed by atoms with Gasteiger partial charge in [-0.05, 0) is 69.9 Å². The van der Waals surface area contributed by atoms with E-state index >= 15 is 0 Å². The zero-order valence-electron chi connectivity index (χ0n) is 24.9. The first-order chi connectivity index (χ1) is 20.1. The monoisotopic (exact) mass is 605 g/mol. The molecule has 2 aliphatic heterocycles. The van der Waals surface area contributed by atoms with E-state index in [9.17, 15) is 18.0 Å². The number of aliphatic carboxylic acids is 1. The molecular formula is C31H42F3N5O4. The smallest absolute Gasteiger partial charge is 0.475 e. The maximum absolute atomic E-state index is 13.2. The number of likely N-dealkylation sites (tertiary alicyclic amines) is 1. The molecule has 4 N–H and O–H groups in total. The van der Waals surface area contributed by atoms with Crippen molar-refractivity contribution in [3.05, 3.63) is 65.7 Å². The number of halogens is 3. The van der Waals surface area contributed by atoms with Gasteiger partial charge in [0, 0.05) is 56.6 Å². The topological polar surface area (TPSA) is 123 Å². The molecule has 0 bridgehead atoms. The minimum atomic E-state index is -5.08. The number of benzene rings is 2. The summed E-state index contributed by atoms with van der Waals surface area (Å²) in [6.45, 7) is 11.7. The largest absolute Gasteiger partial charge is 0.490 e. The van der Waals surface area contributed by atoms with Gasteiger partial charge in [-0.3, -0.25) is 20.0 Å². The van der Waals surface area contributed by atoms with Gasteiger partial charge in [0.25, 0.3) is 0 Å². The zero-order valence-corrected chi connectivity index (χ0v) is 24.9. The summed E-state index contributed by atoms with van der Waals surface area (Å²) in [4.78, 5) is 29.4. The third-order valence-corrected chi connectivity index (χ3v) is 7.51. The standard InChI is InChI=1S/C29H41N5O2.C2HF3O2/c1-29(2,3)36-28(35)26(21-22-7-5-4-6-8-22)34-15-13-25(14-16-34)33-19-17-32(18-20-33)24-11-9-23(10-12-24)27(30)31;3-2(4,5)1(6)7/h4-12,25-26H,13-21H2,1-3H3,(H3,30,31);(H,6,7). The van der Waals surface area contributed by atoms with Crippen LogP contribution in [-0.2, 0) is 20.7 Å². The highest BCUT2D eigenvalue weighted by Gasteiger charge is 2.38. The predicted octanol–water partition coefficient (Wildman–Crippen LogP) is 4.14. The Labute approximate surface area is 250 Å². The third kappa shape index (κ3) is 10.5. The van der Waals surface area contributed by atoms with Crippen molar-refractivity contribution in [3.63, 3.8) is 0 Å². The second kappa shape index (κ2) is 14.7. The molecule has 0 aromatic heterocycles. The van der Waals surface area contributed by atoms with Crippen molar-refractivity contribution in [2.45, 2.75) is 63.9 Å². The van der Waals surface area contributed by atoms with Gasteiger partial charge in [0.15, 0.2) is 0 Å². The van der Waals surface area contributed by atoms with E-state index in [1.165, 1.54) is 11.3 Å². The van der Waals surface area contributed by atoms with Gasteiger partial charge in [0.1, 0.15) is 17.5 Å². The Bertz CT molecular complexity index is 1200.